The van der Waals surface area contributed by atoms with Gasteiger partial charge in [-0.25, -0.2) is 0 Å². The van der Waals surface area contributed by atoms with Crippen LogP contribution in [0, 0.1) is 0 Å². The lowest BCUT2D eigenvalue weighted by Crippen LogP contribution is -2.14. The third kappa shape index (κ3) is 4.15. The molecule has 0 fully saturated rings. The van der Waals surface area contributed by atoms with Gasteiger partial charge in [-0.1, -0.05) is 23.4 Å². The number of anilines is 1. The molecule has 2 aromatic carbocycles. The number of pyridine rings is 1. The van der Waals surface area contributed by atoms with E-state index in [4.69, 9.17) is 4.74 Å². The van der Waals surface area contributed by atoms with Crippen molar-refractivity contribution in [3.63, 3.8) is 0 Å². The number of amides is 1. The smallest absolute Gasteiger partial charge is 0.257 e. The second-order valence-electron chi connectivity index (χ2n) is 7.75. The van der Waals surface area contributed by atoms with Gasteiger partial charge in [-0.3, -0.25) is 9.78 Å². The first-order valence-corrected chi connectivity index (χ1v) is 11.7. The number of methoxy groups -OCH3 is 1. The first kappa shape index (κ1) is 21.8. The molecule has 0 saturated carbocycles. The fraction of sp³-hybridized carbons (Fsp3) is 0.115. The molecular weight excluding hydrogens is 448 g/mol. The number of fused-ring (bicyclic) bond motifs is 1. The number of benzene rings is 2. The molecule has 0 bridgehead atoms. The molecule has 4 aromatic rings. The van der Waals surface area contributed by atoms with Gasteiger partial charge in [0.15, 0.2) is 0 Å². The summed E-state index contributed by atoms with van der Waals surface area (Å²) in [6, 6.07) is 20.3. The number of carbonyl (C=O) groups is 1. The quantitative estimate of drug-likeness (QED) is 0.231. The molecule has 1 aliphatic heterocycles. The Morgan fingerprint density at radius 3 is 2.74 bits per heavy atom. The van der Waals surface area contributed by atoms with Crippen molar-refractivity contribution in [2.45, 2.75) is 11.1 Å². The molecule has 170 valence electrons. The summed E-state index contributed by atoms with van der Waals surface area (Å²) in [5.74, 6) is 1.28. The zero-order valence-corrected chi connectivity index (χ0v) is 19.2. The number of hydrogen-bond donors (Lipinski definition) is 2. The number of hydrogen-bond acceptors (Lipinski definition) is 6. The second-order valence-corrected chi connectivity index (χ2v) is 8.81. The minimum absolute atomic E-state index is 0.112. The van der Waals surface area contributed by atoms with Crippen molar-refractivity contribution < 1.29 is 14.7 Å². The molecule has 8 heteroatoms. The zero-order chi connectivity index (χ0) is 23.5. The van der Waals surface area contributed by atoms with E-state index in [1.54, 1.807) is 43.3 Å². The molecule has 1 amide bonds. The van der Waals surface area contributed by atoms with Crippen molar-refractivity contribution in [2.24, 2.45) is 5.16 Å². The molecule has 0 spiro atoms. The summed E-state index contributed by atoms with van der Waals surface area (Å²) in [5.41, 5.74) is 5.18. The third-order valence-electron chi connectivity index (χ3n) is 5.73. The van der Waals surface area contributed by atoms with Crippen LogP contribution in [0.15, 0.2) is 90.5 Å². The van der Waals surface area contributed by atoms with Crippen LogP contribution in [0.3, 0.4) is 0 Å². The molecule has 7 nitrogen and oxygen atoms in total. The van der Waals surface area contributed by atoms with E-state index in [0.29, 0.717) is 28.3 Å². The summed E-state index contributed by atoms with van der Waals surface area (Å²) in [6.07, 6.45) is 5.58. The Hall–Kier alpha value is -4.04. The van der Waals surface area contributed by atoms with Gasteiger partial charge in [0.1, 0.15) is 16.8 Å². The van der Waals surface area contributed by atoms with Crippen molar-refractivity contribution in [2.75, 3.05) is 12.4 Å². The molecule has 0 radical (unpaired) electrons. The van der Waals surface area contributed by atoms with Gasteiger partial charge in [0.25, 0.3) is 5.91 Å². The molecule has 5 rings (SSSR count). The molecule has 34 heavy (non-hydrogen) atoms. The summed E-state index contributed by atoms with van der Waals surface area (Å²) >= 11 is 1.77. The number of oxime groups is 1. The summed E-state index contributed by atoms with van der Waals surface area (Å²) < 4.78 is 7.33. The van der Waals surface area contributed by atoms with Gasteiger partial charge < -0.3 is 19.8 Å². The largest absolute Gasteiger partial charge is 0.497 e. The molecule has 2 N–H and O–H groups in total. The molecule has 2 aromatic heterocycles. The molecule has 0 saturated heterocycles. The van der Waals surface area contributed by atoms with Crippen LogP contribution in [0.4, 0.5) is 5.69 Å². The second kappa shape index (κ2) is 9.44. The number of aromatic nitrogens is 2. The highest BCUT2D eigenvalue weighted by molar-refractivity contribution is 7.99. The van der Waals surface area contributed by atoms with Gasteiger partial charge >= 0.3 is 0 Å². The van der Waals surface area contributed by atoms with E-state index < -0.39 is 0 Å². The summed E-state index contributed by atoms with van der Waals surface area (Å²) in [6.45, 7) is 0. The van der Waals surface area contributed by atoms with Crippen LogP contribution in [-0.2, 0) is 5.75 Å². The Kier molecular flexibility index (Phi) is 6.05. The highest BCUT2D eigenvalue weighted by Gasteiger charge is 2.28. The van der Waals surface area contributed by atoms with Crippen molar-refractivity contribution in [1.82, 2.24) is 9.55 Å². The molecule has 1 unspecified atom stereocenters. The normalized spacial score (nSPS) is 15.1. The van der Waals surface area contributed by atoms with Crippen LogP contribution in [0.1, 0.15) is 38.1 Å². The van der Waals surface area contributed by atoms with Crippen molar-refractivity contribution in [3.8, 4) is 5.75 Å². The van der Waals surface area contributed by atoms with E-state index >= 15 is 0 Å². The van der Waals surface area contributed by atoms with Crippen LogP contribution in [0.2, 0.25) is 0 Å². The maximum absolute atomic E-state index is 13.1. The zero-order valence-electron chi connectivity index (χ0n) is 18.4. The van der Waals surface area contributed by atoms with Gasteiger partial charge in [0, 0.05) is 52.4 Å². The lowest BCUT2D eigenvalue weighted by molar-refractivity contribution is 0.102. The number of ether oxygens (including phenoxy) is 1. The Labute approximate surface area is 201 Å². The minimum atomic E-state index is -0.176. The highest BCUT2D eigenvalue weighted by Crippen LogP contribution is 2.42. The number of rotatable bonds is 6. The fourth-order valence-corrected chi connectivity index (χ4v) is 5.36. The summed E-state index contributed by atoms with van der Waals surface area (Å²) in [7, 11) is 1.60. The van der Waals surface area contributed by atoms with Gasteiger partial charge in [0.2, 0.25) is 0 Å². The van der Waals surface area contributed by atoms with E-state index in [9.17, 15) is 10.0 Å². The lowest BCUT2D eigenvalue weighted by atomic mass is 10.0. The number of thioether (sulfide) groups is 1. The molecule has 3 heterocycles. The minimum Gasteiger partial charge on any atom is -0.497 e. The van der Waals surface area contributed by atoms with Gasteiger partial charge in [-0.05, 0) is 48.5 Å². The average molecular weight is 471 g/mol. The van der Waals surface area contributed by atoms with Crippen molar-refractivity contribution >= 4 is 29.1 Å². The number of nitrogens with zero attached hydrogens (tertiary/aromatic N) is 3. The Morgan fingerprint density at radius 2 is 2.00 bits per heavy atom. The van der Waals surface area contributed by atoms with Crippen molar-refractivity contribution in [1.29, 1.82) is 0 Å². The predicted molar refractivity (Wildman–Crippen MR) is 133 cm³/mol. The number of carbonyl (C=O) groups excluding carboxylic acids is 1. The fourth-order valence-electron chi connectivity index (χ4n) is 4.05. The highest BCUT2D eigenvalue weighted by atomic mass is 32.2. The van der Waals surface area contributed by atoms with E-state index in [1.165, 1.54) is 0 Å². The van der Waals surface area contributed by atoms with Gasteiger partial charge in [0.05, 0.1) is 12.7 Å². The average Bonchev–Trinajstić information content (AvgIpc) is 3.48. The molecule has 1 atom stereocenters. The van der Waals surface area contributed by atoms with Gasteiger partial charge in [-0.2, -0.15) is 0 Å². The maximum Gasteiger partial charge on any atom is 0.257 e. The van der Waals surface area contributed by atoms with E-state index in [-0.39, 0.29) is 11.3 Å². The van der Waals surface area contributed by atoms with Crippen LogP contribution < -0.4 is 10.1 Å². The van der Waals surface area contributed by atoms with Crippen LogP contribution >= 0.6 is 11.8 Å². The number of nitrogens with one attached hydrogen (secondary N) is 1. The predicted octanol–water partition coefficient (Wildman–Crippen LogP) is 5.16. The molecule has 0 aliphatic carbocycles. The van der Waals surface area contributed by atoms with E-state index in [2.05, 4.69) is 20.0 Å². The lowest BCUT2D eigenvalue weighted by Gasteiger charge is -2.12. The topological polar surface area (TPSA) is 88.7 Å². The first-order valence-electron chi connectivity index (χ1n) is 10.7. The Morgan fingerprint density at radius 1 is 1.15 bits per heavy atom. The monoisotopic (exact) mass is 470 g/mol. The third-order valence-corrected chi connectivity index (χ3v) is 6.98. The standard InChI is InChI=1S/C26H22N4O3S/c1-33-21-9-7-17(8-10-21)24(29-32)18-4-2-6-20(14-18)28-25(31)22-11-13-30-23(22)16-34-26(30)19-5-3-12-27-15-19/h2-15,26,32H,16H2,1H3,(H,28,31)/b29-24+. The summed E-state index contributed by atoms with van der Waals surface area (Å²) in [5, 5.41) is 16.3. The van der Waals surface area contributed by atoms with Crippen LogP contribution in [0.25, 0.3) is 0 Å². The Balaban J connectivity index is 1.36. The SMILES string of the molecule is COc1ccc(/C(=N\O)c2cccc(NC(=O)c3ccn4c3CSC4c3cccnc3)c2)cc1. The maximum atomic E-state index is 13.1. The van der Waals surface area contributed by atoms with Gasteiger partial charge in [-0.15, -0.1) is 11.8 Å². The van der Waals surface area contributed by atoms with Crippen molar-refractivity contribution in [3.05, 3.63) is 113 Å². The molecule has 1 aliphatic rings. The van der Waals surface area contributed by atoms with Crippen LogP contribution in [-0.4, -0.2) is 33.5 Å². The van der Waals surface area contributed by atoms with Crippen LogP contribution in [0.5, 0.6) is 5.75 Å². The van der Waals surface area contributed by atoms with E-state index in [0.717, 1.165) is 22.6 Å². The first-order chi connectivity index (χ1) is 16.7. The summed E-state index contributed by atoms with van der Waals surface area (Å²) in [4.78, 5) is 17.3. The molecular formula is C26H22N4O3S. The Bertz CT molecular complexity index is 1350. The van der Waals surface area contributed by atoms with E-state index in [1.807, 2.05) is 60.9 Å².